The van der Waals surface area contributed by atoms with Crippen molar-refractivity contribution in [2.24, 2.45) is 0 Å². The minimum Gasteiger partial charge on any atom is -0.496 e. The lowest BCUT2D eigenvalue weighted by molar-refractivity contribution is -0.129. The van der Waals surface area contributed by atoms with Crippen molar-refractivity contribution in [1.82, 2.24) is 15.1 Å². The molecule has 210 valence electrons. The van der Waals surface area contributed by atoms with Crippen LogP contribution >= 0.6 is 0 Å². The number of nitrogens with zero attached hydrogens (tertiary/aromatic N) is 2. The van der Waals surface area contributed by atoms with Crippen molar-refractivity contribution in [2.45, 2.75) is 123 Å². The Kier molecular flexibility index (Phi) is 16.0. The average molecular weight is 516 g/mol. The molecule has 6 nitrogen and oxygen atoms in total. The van der Waals surface area contributed by atoms with Gasteiger partial charge in [-0.25, -0.2) is 9.69 Å². The van der Waals surface area contributed by atoms with Gasteiger partial charge < -0.3 is 10.1 Å². The molecule has 1 aliphatic rings. The number of urea groups is 1. The number of carbonyl (C=O) groups is 2. The Labute approximate surface area is 226 Å². The molecule has 1 fully saturated rings. The van der Waals surface area contributed by atoms with Crippen molar-refractivity contribution < 1.29 is 14.3 Å². The van der Waals surface area contributed by atoms with Gasteiger partial charge in [0.15, 0.2) is 0 Å². The Morgan fingerprint density at radius 3 is 1.76 bits per heavy atom. The van der Waals surface area contributed by atoms with E-state index in [0.29, 0.717) is 18.0 Å². The molecule has 0 bridgehead atoms. The largest absolute Gasteiger partial charge is 0.496 e. The zero-order valence-corrected chi connectivity index (χ0v) is 23.9. The van der Waals surface area contributed by atoms with Crippen molar-refractivity contribution >= 4 is 11.9 Å². The summed E-state index contributed by atoms with van der Waals surface area (Å²) in [5, 5.41) is 2.88. The quantitative estimate of drug-likeness (QED) is 0.126. The molecule has 37 heavy (non-hydrogen) atoms. The first-order valence-electron chi connectivity index (χ1n) is 15.1. The molecule has 1 aromatic rings. The van der Waals surface area contributed by atoms with Crippen LogP contribution in [0.1, 0.15) is 128 Å². The molecular weight excluding hydrogens is 462 g/mol. The van der Waals surface area contributed by atoms with Gasteiger partial charge in [0.05, 0.1) is 13.8 Å². The molecule has 3 amide bonds. The molecule has 6 heteroatoms. The highest BCUT2D eigenvalue weighted by Crippen LogP contribution is 2.29. The van der Waals surface area contributed by atoms with E-state index in [2.05, 4.69) is 24.1 Å². The summed E-state index contributed by atoms with van der Waals surface area (Å²) in [7, 11) is 1.59. The van der Waals surface area contributed by atoms with Gasteiger partial charge >= 0.3 is 6.03 Å². The highest BCUT2D eigenvalue weighted by Gasteiger charge is 2.40. The van der Waals surface area contributed by atoms with Gasteiger partial charge in [0.1, 0.15) is 11.8 Å². The summed E-state index contributed by atoms with van der Waals surface area (Å²) in [4.78, 5) is 29.8. The number of benzene rings is 1. The number of unbranched alkanes of at least 4 members (excludes halogenated alkanes) is 14. The number of amides is 3. The van der Waals surface area contributed by atoms with Crippen molar-refractivity contribution in [3.05, 3.63) is 29.8 Å². The van der Waals surface area contributed by atoms with Gasteiger partial charge in [0, 0.05) is 5.56 Å². The highest BCUT2D eigenvalue weighted by atomic mass is 16.5. The fourth-order valence-corrected chi connectivity index (χ4v) is 5.16. The number of imide groups is 1. The van der Waals surface area contributed by atoms with E-state index in [1.54, 1.807) is 7.11 Å². The maximum Gasteiger partial charge on any atom is 0.326 e. The minimum absolute atomic E-state index is 0.189. The second kappa shape index (κ2) is 19.1. The number of methoxy groups -OCH3 is 1. The van der Waals surface area contributed by atoms with Gasteiger partial charge in [-0.1, -0.05) is 122 Å². The van der Waals surface area contributed by atoms with Crippen molar-refractivity contribution in [3.63, 3.8) is 0 Å². The van der Waals surface area contributed by atoms with Crippen LogP contribution in [0.4, 0.5) is 4.79 Å². The fraction of sp³-hybridized carbons (Fsp3) is 0.742. The Morgan fingerprint density at radius 1 is 0.757 bits per heavy atom. The Bertz CT molecular complexity index is 750. The second-order valence-corrected chi connectivity index (χ2v) is 10.6. The summed E-state index contributed by atoms with van der Waals surface area (Å²) in [6, 6.07) is 6.43. The summed E-state index contributed by atoms with van der Waals surface area (Å²) in [5.41, 5.74) is 0.712. The van der Waals surface area contributed by atoms with Crippen LogP contribution in [0.5, 0.6) is 5.75 Å². The summed E-state index contributed by atoms with van der Waals surface area (Å²) < 4.78 is 5.44. The third-order valence-corrected chi connectivity index (χ3v) is 7.47. The molecule has 0 spiro atoms. The Morgan fingerprint density at radius 2 is 1.24 bits per heavy atom. The Hall–Kier alpha value is -2.08. The number of rotatable bonds is 22. The molecule has 1 unspecified atom stereocenters. The molecule has 0 saturated carbocycles. The predicted molar refractivity (Wildman–Crippen MR) is 153 cm³/mol. The van der Waals surface area contributed by atoms with Crippen LogP contribution in [0, 0.1) is 0 Å². The number of hydrogen-bond acceptors (Lipinski definition) is 4. The molecule has 1 aliphatic heterocycles. The Balaban J connectivity index is 1.86. The average Bonchev–Trinajstić information content (AvgIpc) is 3.19. The van der Waals surface area contributed by atoms with Crippen molar-refractivity contribution in [1.29, 1.82) is 0 Å². The molecule has 1 saturated heterocycles. The number of para-hydroxylation sites is 1. The highest BCUT2D eigenvalue weighted by molar-refractivity contribution is 6.04. The van der Waals surface area contributed by atoms with Gasteiger partial charge in [-0.2, -0.15) is 0 Å². The molecule has 1 atom stereocenters. The van der Waals surface area contributed by atoms with E-state index >= 15 is 0 Å². The normalized spacial score (nSPS) is 15.6. The van der Waals surface area contributed by atoms with Crippen molar-refractivity contribution in [3.8, 4) is 5.75 Å². The van der Waals surface area contributed by atoms with Gasteiger partial charge in [0.2, 0.25) is 0 Å². The molecule has 1 heterocycles. The number of carbonyl (C=O) groups excluding carboxylic acids is 2. The third kappa shape index (κ3) is 11.5. The third-order valence-electron chi connectivity index (χ3n) is 7.47. The zero-order chi connectivity index (χ0) is 26.7. The number of hydrogen-bond donors (Lipinski definition) is 1. The molecule has 1 N–H and O–H groups in total. The summed E-state index contributed by atoms with van der Waals surface area (Å²) in [6.07, 6.45) is 20.4. The minimum atomic E-state index is -0.684. The van der Waals surface area contributed by atoms with Crippen LogP contribution in [0.2, 0.25) is 0 Å². The summed E-state index contributed by atoms with van der Waals surface area (Å²) in [5.74, 6) is 0.434. The molecule has 1 aromatic carbocycles. The monoisotopic (exact) mass is 515 g/mol. The lowest BCUT2D eigenvalue weighted by Gasteiger charge is -2.26. The first-order valence-corrected chi connectivity index (χ1v) is 15.1. The summed E-state index contributed by atoms with van der Waals surface area (Å²) >= 11 is 0. The van der Waals surface area contributed by atoms with E-state index in [9.17, 15) is 9.59 Å². The van der Waals surface area contributed by atoms with Gasteiger partial charge in [-0.05, 0) is 32.0 Å². The van der Waals surface area contributed by atoms with Crippen LogP contribution in [-0.2, 0) is 4.79 Å². The standard InChI is InChI=1S/C31H53N3O3/c1-4-6-8-10-12-14-16-20-24-33(25-21-17-15-13-11-9-7-5-2)26-34-30(35)29(32-31(34)36)27-22-18-19-23-28(27)37-3/h18-19,22-23,29H,4-17,20-21,24-26H2,1-3H3,(H,32,36). The number of ether oxygens (including phenoxy) is 1. The van der Waals surface area contributed by atoms with E-state index in [1.165, 1.54) is 94.8 Å². The first kappa shape index (κ1) is 31.1. The SMILES string of the molecule is CCCCCCCCCCN(CCCCCCCCCC)CN1C(=O)NC(c2ccccc2OC)C1=O. The second-order valence-electron chi connectivity index (χ2n) is 10.6. The maximum atomic E-state index is 13.3. The van der Waals surface area contributed by atoms with Gasteiger partial charge in [-0.3, -0.25) is 9.69 Å². The maximum absolute atomic E-state index is 13.3. The van der Waals surface area contributed by atoms with Gasteiger partial charge in [0.25, 0.3) is 5.91 Å². The molecule has 0 aliphatic carbocycles. The van der Waals surface area contributed by atoms with Crippen LogP contribution < -0.4 is 10.1 Å². The van der Waals surface area contributed by atoms with E-state index in [1.807, 2.05) is 24.3 Å². The van der Waals surface area contributed by atoms with Crippen LogP contribution in [0.25, 0.3) is 0 Å². The lowest BCUT2D eigenvalue weighted by atomic mass is 10.1. The lowest BCUT2D eigenvalue weighted by Crippen LogP contribution is -2.42. The van der Waals surface area contributed by atoms with E-state index < -0.39 is 6.04 Å². The predicted octanol–water partition coefficient (Wildman–Crippen LogP) is 7.83. The smallest absolute Gasteiger partial charge is 0.326 e. The first-order chi connectivity index (χ1) is 18.1. The summed E-state index contributed by atoms with van der Waals surface area (Å²) in [6.45, 7) is 6.74. The van der Waals surface area contributed by atoms with Crippen molar-refractivity contribution in [2.75, 3.05) is 26.9 Å². The topological polar surface area (TPSA) is 61.9 Å². The van der Waals surface area contributed by atoms with E-state index in [0.717, 1.165) is 25.9 Å². The molecular formula is C31H53N3O3. The zero-order valence-electron chi connectivity index (χ0n) is 23.9. The van der Waals surface area contributed by atoms with Crippen LogP contribution in [0.3, 0.4) is 0 Å². The van der Waals surface area contributed by atoms with Crippen LogP contribution in [0.15, 0.2) is 24.3 Å². The van der Waals surface area contributed by atoms with E-state index in [4.69, 9.17) is 4.74 Å². The van der Waals surface area contributed by atoms with E-state index in [-0.39, 0.29) is 11.9 Å². The molecule has 2 rings (SSSR count). The molecule has 0 radical (unpaired) electrons. The van der Waals surface area contributed by atoms with Crippen LogP contribution in [-0.4, -0.2) is 48.6 Å². The van der Waals surface area contributed by atoms with Gasteiger partial charge in [-0.15, -0.1) is 0 Å². The molecule has 0 aromatic heterocycles. The fourth-order valence-electron chi connectivity index (χ4n) is 5.16. The number of nitrogens with one attached hydrogen (secondary N) is 1.